The number of hydrogen-bond donors (Lipinski definition) is 1. The number of nitrogens with zero attached hydrogens (tertiary/aromatic N) is 1. The van der Waals surface area contributed by atoms with E-state index < -0.39 is 0 Å². The van der Waals surface area contributed by atoms with Gasteiger partial charge in [0.25, 0.3) is 0 Å². The number of hydrogen-bond acceptors (Lipinski definition) is 2. The van der Waals surface area contributed by atoms with Crippen LogP contribution in [0.4, 0.5) is 4.39 Å². The SMILES string of the molecule is NC(Cc1ccncc1)Cc1ccc(F)cc1. The molecule has 1 heterocycles. The van der Waals surface area contributed by atoms with Gasteiger partial charge in [-0.1, -0.05) is 12.1 Å². The molecule has 0 aliphatic rings. The fourth-order valence-electron chi connectivity index (χ4n) is 1.82. The van der Waals surface area contributed by atoms with Crippen molar-refractivity contribution < 1.29 is 4.39 Å². The fourth-order valence-corrected chi connectivity index (χ4v) is 1.82. The van der Waals surface area contributed by atoms with E-state index in [0.29, 0.717) is 0 Å². The van der Waals surface area contributed by atoms with Gasteiger partial charge in [-0.15, -0.1) is 0 Å². The van der Waals surface area contributed by atoms with Crippen molar-refractivity contribution in [3.63, 3.8) is 0 Å². The summed E-state index contributed by atoms with van der Waals surface area (Å²) < 4.78 is 12.7. The van der Waals surface area contributed by atoms with Gasteiger partial charge in [0, 0.05) is 18.4 Å². The van der Waals surface area contributed by atoms with Crippen LogP contribution in [-0.2, 0) is 12.8 Å². The van der Waals surface area contributed by atoms with Gasteiger partial charge in [0.1, 0.15) is 5.82 Å². The Bertz CT molecular complexity index is 453. The van der Waals surface area contributed by atoms with Crippen LogP contribution >= 0.6 is 0 Å². The molecular formula is C14H15FN2. The summed E-state index contributed by atoms with van der Waals surface area (Å²) in [5.41, 5.74) is 8.30. The lowest BCUT2D eigenvalue weighted by atomic mass is 10.0. The topological polar surface area (TPSA) is 38.9 Å². The highest BCUT2D eigenvalue weighted by Crippen LogP contribution is 2.08. The van der Waals surface area contributed by atoms with Crippen LogP contribution in [0, 0.1) is 5.82 Å². The molecule has 0 bridgehead atoms. The van der Waals surface area contributed by atoms with Crippen LogP contribution in [0.3, 0.4) is 0 Å². The standard InChI is InChI=1S/C14H15FN2/c15-13-3-1-11(2-4-13)9-14(16)10-12-5-7-17-8-6-12/h1-8,14H,9-10,16H2. The van der Waals surface area contributed by atoms with Crippen LogP contribution in [0.25, 0.3) is 0 Å². The molecule has 3 heteroatoms. The average Bonchev–Trinajstić information content (AvgIpc) is 2.33. The van der Waals surface area contributed by atoms with E-state index in [0.717, 1.165) is 18.4 Å². The second kappa shape index (κ2) is 5.55. The largest absolute Gasteiger partial charge is 0.327 e. The lowest BCUT2D eigenvalue weighted by Gasteiger charge is -2.11. The summed E-state index contributed by atoms with van der Waals surface area (Å²) in [5, 5.41) is 0. The highest BCUT2D eigenvalue weighted by molar-refractivity contribution is 5.18. The van der Waals surface area contributed by atoms with Crippen LogP contribution in [-0.4, -0.2) is 11.0 Å². The minimum absolute atomic E-state index is 0.0443. The van der Waals surface area contributed by atoms with Gasteiger partial charge in [-0.2, -0.15) is 0 Å². The molecule has 2 rings (SSSR count). The highest BCUT2D eigenvalue weighted by atomic mass is 19.1. The number of rotatable bonds is 4. The molecule has 2 aromatic rings. The van der Waals surface area contributed by atoms with E-state index in [1.807, 2.05) is 12.1 Å². The summed E-state index contributed by atoms with van der Waals surface area (Å²) in [7, 11) is 0. The zero-order chi connectivity index (χ0) is 12.1. The van der Waals surface area contributed by atoms with E-state index in [2.05, 4.69) is 4.98 Å². The predicted octanol–water partition coefficient (Wildman–Crippen LogP) is 2.33. The second-order valence-corrected chi connectivity index (χ2v) is 4.15. The Morgan fingerprint density at radius 2 is 1.47 bits per heavy atom. The first-order valence-corrected chi connectivity index (χ1v) is 5.63. The van der Waals surface area contributed by atoms with Gasteiger partial charge < -0.3 is 5.73 Å². The summed E-state index contributed by atoms with van der Waals surface area (Å²) in [5.74, 6) is -0.212. The zero-order valence-electron chi connectivity index (χ0n) is 9.51. The van der Waals surface area contributed by atoms with Crippen molar-refractivity contribution >= 4 is 0 Å². The zero-order valence-corrected chi connectivity index (χ0v) is 9.51. The van der Waals surface area contributed by atoms with Crippen LogP contribution in [0.1, 0.15) is 11.1 Å². The lowest BCUT2D eigenvalue weighted by Crippen LogP contribution is -2.25. The predicted molar refractivity (Wildman–Crippen MR) is 66.0 cm³/mol. The Kier molecular flexibility index (Phi) is 3.83. The number of nitrogens with two attached hydrogens (primary N) is 1. The van der Waals surface area contributed by atoms with E-state index in [-0.39, 0.29) is 11.9 Å². The van der Waals surface area contributed by atoms with Crippen molar-refractivity contribution in [2.75, 3.05) is 0 Å². The van der Waals surface area contributed by atoms with Crippen molar-refractivity contribution in [3.05, 3.63) is 65.7 Å². The molecule has 1 atom stereocenters. The van der Waals surface area contributed by atoms with Crippen LogP contribution < -0.4 is 5.73 Å². The molecule has 0 amide bonds. The van der Waals surface area contributed by atoms with Gasteiger partial charge in [0.2, 0.25) is 0 Å². The summed E-state index contributed by atoms with van der Waals surface area (Å²) in [6, 6.07) is 10.5. The smallest absolute Gasteiger partial charge is 0.123 e. The lowest BCUT2D eigenvalue weighted by molar-refractivity contribution is 0.623. The van der Waals surface area contributed by atoms with Crippen molar-refractivity contribution in [1.29, 1.82) is 0 Å². The first-order chi connectivity index (χ1) is 8.24. The van der Waals surface area contributed by atoms with E-state index >= 15 is 0 Å². The van der Waals surface area contributed by atoms with E-state index in [4.69, 9.17) is 5.73 Å². The summed E-state index contributed by atoms with van der Waals surface area (Å²) >= 11 is 0. The summed E-state index contributed by atoms with van der Waals surface area (Å²) in [6.45, 7) is 0. The molecule has 17 heavy (non-hydrogen) atoms. The highest BCUT2D eigenvalue weighted by Gasteiger charge is 2.05. The van der Waals surface area contributed by atoms with E-state index in [9.17, 15) is 4.39 Å². The van der Waals surface area contributed by atoms with Gasteiger partial charge >= 0.3 is 0 Å². The van der Waals surface area contributed by atoms with E-state index in [1.54, 1.807) is 24.5 Å². The number of benzene rings is 1. The van der Waals surface area contributed by atoms with Gasteiger partial charge in [0.15, 0.2) is 0 Å². The molecule has 1 aromatic heterocycles. The third-order valence-electron chi connectivity index (χ3n) is 2.66. The second-order valence-electron chi connectivity index (χ2n) is 4.15. The maximum Gasteiger partial charge on any atom is 0.123 e. The number of aromatic nitrogens is 1. The fraction of sp³-hybridized carbons (Fsp3) is 0.214. The average molecular weight is 230 g/mol. The van der Waals surface area contributed by atoms with Crippen LogP contribution in [0.5, 0.6) is 0 Å². The molecule has 2 N–H and O–H groups in total. The normalized spacial score (nSPS) is 12.4. The summed E-state index contributed by atoms with van der Waals surface area (Å²) in [4.78, 5) is 3.96. The molecule has 2 nitrogen and oxygen atoms in total. The Morgan fingerprint density at radius 3 is 2.06 bits per heavy atom. The maximum absolute atomic E-state index is 12.7. The molecule has 0 aliphatic heterocycles. The van der Waals surface area contributed by atoms with Crippen LogP contribution in [0.2, 0.25) is 0 Å². The molecule has 0 spiro atoms. The Balaban J connectivity index is 1.93. The quantitative estimate of drug-likeness (QED) is 0.875. The molecule has 1 unspecified atom stereocenters. The van der Waals surface area contributed by atoms with Gasteiger partial charge in [-0.05, 0) is 48.2 Å². The van der Waals surface area contributed by atoms with Gasteiger partial charge in [-0.25, -0.2) is 4.39 Å². The molecule has 0 fully saturated rings. The van der Waals surface area contributed by atoms with Gasteiger partial charge in [0.05, 0.1) is 0 Å². The molecular weight excluding hydrogens is 215 g/mol. The molecule has 1 aromatic carbocycles. The molecule has 88 valence electrons. The third-order valence-corrected chi connectivity index (χ3v) is 2.66. The molecule has 0 aliphatic carbocycles. The van der Waals surface area contributed by atoms with Crippen LogP contribution in [0.15, 0.2) is 48.8 Å². The van der Waals surface area contributed by atoms with Crippen molar-refractivity contribution in [3.8, 4) is 0 Å². The first-order valence-electron chi connectivity index (χ1n) is 5.63. The minimum Gasteiger partial charge on any atom is -0.327 e. The summed E-state index contributed by atoms with van der Waals surface area (Å²) in [6.07, 6.45) is 5.09. The Hall–Kier alpha value is -1.74. The Labute approximate surface area is 100 Å². The maximum atomic E-state index is 12.7. The van der Waals surface area contributed by atoms with Crippen molar-refractivity contribution in [1.82, 2.24) is 4.98 Å². The third kappa shape index (κ3) is 3.64. The molecule has 0 saturated heterocycles. The van der Waals surface area contributed by atoms with Crippen molar-refractivity contribution in [2.45, 2.75) is 18.9 Å². The first kappa shape index (κ1) is 11.7. The molecule has 0 saturated carbocycles. The minimum atomic E-state index is -0.212. The van der Waals surface area contributed by atoms with Gasteiger partial charge in [-0.3, -0.25) is 4.98 Å². The molecule has 0 radical (unpaired) electrons. The monoisotopic (exact) mass is 230 g/mol. The van der Waals surface area contributed by atoms with Crippen molar-refractivity contribution in [2.24, 2.45) is 5.73 Å². The van der Waals surface area contributed by atoms with E-state index in [1.165, 1.54) is 17.7 Å². The number of pyridine rings is 1. The number of halogens is 1. The Morgan fingerprint density at radius 1 is 0.941 bits per heavy atom.